The molecule has 1 aliphatic rings. The molecule has 0 saturated carbocycles. The number of hydrogen-bond donors (Lipinski definition) is 0. The number of fused-ring (bicyclic) bond motifs is 1. The highest BCUT2D eigenvalue weighted by molar-refractivity contribution is 7.90. The summed E-state index contributed by atoms with van der Waals surface area (Å²) in [7, 11) is -1.62. The predicted molar refractivity (Wildman–Crippen MR) is 107 cm³/mol. The summed E-state index contributed by atoms with van der Waals surface area (Å²) in [6, 6.07) is 15.3. The normalized spacial score (nSPS) is 20.5. The molecular formula is C20H21NO4S2. The van der Waals surface area contributed by atoms with Gasteiger partial charge in [0.25, 0.3) is 0 Å². The summed E-state index contributed by atoms with van der Waals surface area (Å²) in [5.41, 5.74) is 1.81. The number of benzene rings is 2. The fraction of sp³-hybridized carbons (Fsp3) is 0.300. The molecule has 1 aromatic heterocycles. The lowest BCUT2D eigenvalue weighted by molar-refractivity contribution is 0.165. The van der Waals surface area contributed by atoms with Gasteiger partial charge in [0.1, 0.15) is 5.75 Å². The second-order valence-electron chi connectivity index (χ2n) is 6.79. The standard InChI is InChI=1S/C20H21NO4S2/c1-14(21-20(25-21)16-4-6-18(24-2)7-5-16)12-27(22,23)13-15-3-8-19-17(11-15)9-10-26-19/h3-11,14,20H,12-13H2,1-2H3/t14?,20?,21-/m0/s1. The summed E-state index contributed by atoms with van der Waals surface area (Å²) in [4.78, 5) is 5.61. The molecule has 0 radical (unpaired) electrons. The number of hydrogen-bond acceptors (Lipinski definition) is 6. The minimum absolute atomic E-state index is 0.0458. The molecule has 5 nitrogen and oxygen atoms in total. The molecule has 0 N–H and O–H groups in total. The van der Waals surface area contributed by atoms with Crippen LogP contribution in [-0.4, -0.2) is 32.4 Å². The van der Waals surface area contributed by atoms with Crippen molar-refractivity contribution in [1.29, 1.82) is 0 Å². The van der Waals surface area contributed by atoms with Crippen molar-refractivity contribution in [2.24, 2.45) is 0 Å². The van der Waals surface area contributed by atoms with Crippen molar-refractivity contribution in [2.45, 2.75) is 24.9 Å². The van der Waals surface area contributed by atoms with Crippen molar-refractivity contribution in [3.63, 3.8) is 0 Å². The smallest absolute Gasteiger partial charge is 0.180 e. The fourth-order valence-electron chi connectivity index (χ4n) is 3.26. The van der Waals surface area contributed by atoms with E-state index in [0.29, 0.717) is 0 Å². The van der Waals surface area contributed by atoms with Crippen molar-refractivity contribution in [1.82, 2.24) is 5.06 Å². The van der Waals surface area contributed by atoms with E-state index < -0.39 is 9.84 Å². The zero-order chi connectivity index (χ0) is 19.0. The molecule has 1 fully saturated rings. The van der Waals surface area contributed by atoms with Crippen LogP contribution in [0.2, 0.25) is 0 Å². The lowest BCUT2D eigenvalue weighted by Gasteiger charge is -2.11. The minimum atomic E-state index is -3.25. The number of methoxy groups -OCH3 is 1. The van der Waals surface area contributed by atoms with E-state index in [4.69, 9.17) is 9.57 Å². The van der Waals surface area contributed by atoms with Gasteiger partial charge in [-0.2, -0.15) is 0 Å². The molecule has 142 valence electrons. The summed E-state index contributed by atoms with van der Waals surface area (Å²) >= 11 is 1.66. The Morgan fingerprint density at radius 2 is 1.96 bits per heavy atom. The van der Waals surface area contributed by atoms with Gasteiger partial charge in [-0.15, -0.1) is 16.4 Å². The third-order valence-electron chi connectivity index (χ3n) is 4.64. The van der Waals surface area contributed by atoms with Gasteiger partial charge < -0.3 is 4.74 Å². The Hall–Kier alpha value is -1.93. The number of hydroxylamine groups is 2. The van der Waals surface area contributed by atoms with Gasteiger partial charge in [0, 0.05) is 10.7 Å². The Bertz CT molecular complexity index is 1040. The van der Waals surface area contributed by atoms with Crippen LogP contribution in [-0.2, 0) is 20.4 Å². The van der Waals surface area contributed by atoms with Gasteiger partial charge in [-0.25, -0.2) is 8.42 Å². The van der Waals surface area contributed by atoms with Gasteiger partial charge in [0.15, 0.2) is 16.1 Å². The van der Waals surface area contributed by atoms with Gasteiger partial charge in [-0.3, -0.25) is 4.84 Å². The summed E-state index contributed by atoms with van der Waals surface area (Å²) in [5.74, 6) is 0.884. The van der Waals surface area contributed by atoms with Crippen molar-refractivity contribution < 1.29 is 18.0 Å². The molecule has 0 aliphatic carbocycles. The van der Waals surface area contributed by atoms with Crippen LogP contribution in [0.15, 0.2) is 53.9 Å². The van der Waals surface area contributed by atoms with E-state index in [1.54, 1.807) is 23.5 Å². The molecule has 2 unspecified atom stereocenters. The Morgan fingerprint density at radius 3 is 2.70 bits per heavy atom. The molecule has 7 heteroatoms. The summed E-state index contributed by atoms with van der Waals surface area (Å²) < 4.78 is 31.6. The first kappa shape index (κ1) is 18.4. The van der Waals surface area contributed by atoms with E-state index in [1.165, 1.54) is 4.70 Å². The fourth-order valence-corrected chi connectivity index (χ4v) is 5.72. The zero-order valence-corrected chi connectivity index (χ0v) is 16.8. The molecule has 0 bridgehead atoms. The number of thiophene rings is 1. The monoisotopic (exact) mass is 403 g/mol. The molecule has 1 aliphatic heterocycles. The second kappa shape index (κ2) is 7.24. The van der Waals surface area contributed by atoms with E-state index in [0.717, 1.165) is 22.3 Å². The first-order chi connectivity index (χ1) is 12.9. The van der Waals surface area contributed by atoms with Gasteiger partial charge in [-0.1, -0.05) is 18.2 Å². The van der Waals surface area contributed by atoms with Crippen LogP contribution in [0.4, 0.5) is 0 Å². The van der Waals surface area contributed by atoms with Crippen LogP contribution in [0, 0.1) is 0 Å². The quantitative estimate of drug-likeness (QED) is 0.555. The van der Waals surface area contributed by atoms with Crippen LogP contribution < -0.4 is 4.74 Å². The Balaban J connectivity index is 1.38. The van der Waals surface area contributed by atoms with E-state index >= 15 is 0 Å². The van der Waals surface area contributed by atoms with Crippen LogP contribution >= 0.6 is 11.3 Å². The van der Waals surface area contributed by atoms with E-state index in [2.05, 4.69) is 0 Å². The Labute approximate surface area is 163 Å². The summed E-state index contributed by atoms with van der Waals surface area (Å²) in [5, 5.41) is 4.85. The lowest BCUT2D eigenvalue weighted by Crippen LogP contribution is -2.26. The van der Waals surface area contributed by atoms with Crippen LogP contribution in [0.25, 0.3) is 10.1 Å². The predicted octanol–water partition coefficient (Wildman–Crippen LogP) is 4.16. The zero-order valence-electron chi connectivity index (χ0n) is 15.2. The molecule has 0 amide bonds. The number of sulfone groups is 1. The van der Waals surface area contributed by atoms with Gasteiger partial charge in [0.05, 0.1) is 18.6 Å². The molecule has 1 saturated heterocycles. The molecule has 4 rings (SSSR count). The first-order valence-electron chi connectivity index (χ1n) is 8.71. The van der Waals surface area contributed by atoms with Crippen LogP contribution in [0.5, 0.6) is 5.75 Å². The molecule has 0 spiro atoms. The SMILES string of the molecule is COc1ccc(C2O[N@@]2C(C)CS(=O)(=O)Cc2ccc3sccc3c2)cc1. The van der Waals surface area contributed by atoms with Crippen molar-refractivity contribution in [3.8, 4) is 5.75 Å². The average molecular weight is 404 g/mol. The number of rotatable bonds is 7. The highest BCUT2D eigenvalue weighted by Crippen LogP contribution is 2.39. The maximum atomic E-state index is 12.6. The molecule has 2 heterocycles. The number of ether oxygens (including phenoxy) is 1. The highest BCUT2D eigenvalue weighted by Gasteiger charge is 2.43. The van der Waals surface area contributed by atoms with Crippen molar-refractivity contribution in [3.05, 3.63) is 65.0 Å². The largest absolute Gasteiger partial charge is 0.497 e. The third-order valence-corrected chi connectivity index (χ3v) is 7.30. The Kier molecular flexibility index (Phi) is 4.94. The molecular weight excluding hydrogens is 382 g/mol. The van der Waals surface area contributed by atoms with Crippen molar-refractivity contribution in [2.75, 3.05) is 12.9 Å². The average Bonchev–Trinajstić information content (AvgIpc) is 3.32. The molecule has 27 heavy (non-hydrogen) atoms. The van der Waals surface area contributed by atoms with Crippen LogP contribution in [0.3, 0.4) is 0 Å². The van der Waals surface area contributed by atoms with Crippen molar-refractivity contribution >= 4 is 31.3 Å². The maximum Gasteiger partial charge on any atom is 0.180 e. The summed E-state index contributed by atoms with van der Waals surface area (Å²) in [6.07, 6.45) is -0.191. The van der Waals surface area contributed by atoms with Gasteiger partial charge >= 0.3 is 0 Å². The van der Waals surface area contributed by atoms with E-state index in [1.807, 2.05) is 60.8 Å². The molecule has 3 aromatic rings. The second-order valence-corrected chi connectivity index (χ2v) is 9.84. The summed E-state index contributed by atoms with van der Waals surface area (Å²) in [6.45, 7) is 1.88. The molecule has 2 aromatic carbocycles. The lowest BCUT2D eigenvalue weighted by atomic mass is 10.2. The third kappa shape index (κ3) is 4.16. The minimum Gasteiger partial charge on any atom is -0.497 e. The van der Waals surface area contributed by atoms with Crippen LogP contribution in [0.1, 0.15) is 24.3 Å². The number of nitrogens with zero attached hydrogens (tertiary/aromatic N) is 1. The Morgan fingerprint density at radius 1 is 1.19 bits per heavy atom. The van der Waals surface area contributed by atoms with E-state index in [9.17, 15) is 8.42 Å². The highest BCUT2D eigenvalue weighted by atomic mass is 32.2. The van der Waals surface area contributed by atoms with Gasteiger partial charge in [-0.05, 0) is 59.1 Å². The maximum absolute atomic E-state index is 12.6. The molecule has 3 atom stereocenters. The topological polar surface area (TPSA) is 58.9 Å². The van der Waals surface area contributed by atoms with Gasteiger partial charge in [0.2, 0.25) is 0 Å². The first-order valence-corrected chi connectivity index (χ1v) is 11.4. The van der Waals surface area contributed by atoms with E-state index in [-0.39, 0.29) is 23.8 Å².